The van der Waals surface area contributed by atoms with Gasteiger partial charge in [-0.1, -0.05) is 57.9 Å². The molecule has 0 fully saturated rings. The number of rotatable bonds is 19. The molecule has 44 heavy (non-hydrogen) atoms. The summed E-state index contributed by atoms with van der Waals surface area (Å²) in [6.45, 7) is 9.90. The summed E-state index contributed by atoms with van der Waals surface area (Å²) in [7, 11) is 0. The van der Waals surface area contributed by atoms with Gasteiger partial charge in [0.25, 0.3) is 0 Å². The number of carboxylic acids is 1. The van der Waals surface area contributed by atoms with E-state index in [4.69, 9.17) is 10.8 Å². The zero-order valence-electron chi connectivity index (χ0n) is 26.3. The van der Waals surface area contributed by atoms with Crippen LogP contribution in [0.2, 0.25) is 0 Å². The predicted octanol–water partition coefficient (Wildman–Crippen LogP) is 2.81. The van der Waals surface area contributed by atoms with Crippen molar-refractivity contribution in [3.05, 3.63) is 52.2 Å². The molecule has 1 aromatic heterocycles. The van der Waals surface area contributed by atoms with Crippen molar-refractivity contribution in [2.24, 2.45) is 17.6 Å². The first kappa shape index (κ1) is 36.7. The molecule has 0 saturated carbocycles. The number of hydrogen-bond donors (Lipinski definition) is 7. The lowest BCUT2D eigenvalue weighted by Gasteiger charge is -2.30. The monoisotopic (exact) mass is 631 g/mol. The number of amides is 3. The molecule has 2 rings (SSSR count). The number of carbonyl (C=O) groups excluding carboxylic acids is 3. The van der Waals surface area contributed by atoms with E-state index >= 15 is 0 Å². The van der Waals surface area contributed by atoms with Gasteiger partial charge in [-0.2, -0.15) is 0 Å². The largest absolute Gasteiger partial charge is 0.481 e. The summed E-state index contributed by atoms with van der Waals surface area (Å²) < 4.78 is 0. The van der Waals surface area contributed by atoms with Crippen molar-refractivity contribution in [1.82, 2.24) is 16.0 Å². The molecule has 0 unspecified atom stereocenters. The van der Waals surface area contributed by atoms with Crippen LogP contribution >= 0.6 is 11.3 Å². The number of carbonyl (C=O) groups is 4. The lowest BCUT2D eigenvalue weighted by Crippen LogP contribution is -2.59. The Morgan fingerprint density at radius 1 is 0.955 bits per heavy atom. The second-order valence-electron chi connectivity index (χ2n) is 11.8. The number of hydrogen-bond acceptors (Lipinski definition) is 8. The number of thiophene rings is 1. The van der Waals surface area contributed by atoms with Gasteiger partial charge >= 0.3 is 5.97 Å². The maximum atomic E-state index is 13.7. The fourth-order valence-electron chi connectivity index (χ4n) is 4.61. The van der Waals surface area contributed by atoms with Crippen molar-refractivity contribution in [1.29, 1.82) is 0 Å². The standard InChI is InChI=1S/C32H49N5O6S/c1-6-21(5)29(37-30(41)24(33)13-14-28(39)40)32(43)36-26(17-23-8-7-15-44-23)31(42)35-25(16-19(2)3)27(38)18-34-22-11-9-20(4)10-12-22/h7-12,15,19,21,24-27,29,34,38H,6,13-14,16-18,33H2,1-5H3,(H,35,42)(H,36,43)(H,37,41)(H,39,40)/t21-,24-,25-,26-,27+,29-/m0/s1. The van der Waals surface area contributed by atoms with Crippen molar-refractivity contribution in [2.45, 2.75) is 97.0 Å². The lowest BCUT2D eigenvalue weighted by atomic mass is 9.96. The van der Waals surface area contributed by atoms with Gasteiger partial charge in [0.2, 0.25) is 17.7 Å². The van der Waals surface area contributed by atoms with Crippen molar-refractivity contribution in [3.63, 3.8) is 0 Å². The third-order valence-electron chi connectivity index (χ3n) is 7.50. The van der Waals surface area contributed by atoms with Crippen molar-refractivity contribution < 1.29 is 29.4 Å². The van der Waals surface area contributed by atoms with Gasteiger partial charge in [-0.3, -0.25) is 19.2 Å². The van der Waals surface area contributed by atoms with Gasteiger partial charge in [0.15, 0.2) is 0 Å². The zero-order valence-corrected chi connectivity index (χ0v) is 27.2. The molecule has 0 spiro atoms. The van der Waals surface area contributed by atoms with Gasteiger partial charge in [0.1, 0.15) is 12.1 Å². The van der Waals surface area contributed by atoms with Crippen molar-refractivity contribution >= 4 is 40.7 Å². The van der Waals surface area contributed by atoms with Gasteiger partial charge < -0.3 is 37.2 Å². The second kappa shape index (κ2) is 18.4. The molecular formula is C32H49N5O6S. The molecule has 244 valence electrons. The van der Waals surface area contributed by atoms with E-state index in [1.807, 2.05) is 69.5 Å². The van der Waals surface area contributed by atoms with E-state index in [0.29, 0.717) is 12.8 Å². The Kier molecular flexibility index (Phi) is 15.3. The Balaban J connectivity index is 2.20. The fraction of sp³-hybridized carbons (Fsp3) is 0.562. The summed E-state index contributed by atoms with van der Waals surface area (Å²) in [4.78, 5) is 51.9. The van der Waals surface area contributed by atoms with Crippen LogP contribution in [0.4, 0.5) is 5.69 Å². The number of anilines is 1. The Morgan fingerprint density at radius 2 is 1.64 bits per heavy atom. The molecule has 1 heterocycles. The highest BCUT2D eigenvalue weighted by atomic mass is 32.1. The minimum atomic E-state index is -1.09. The Hall–Kier alpha value is -3.48. The van der Waals surface area contributed by atoms with Crippen LogP contribution in [-0.4, -0.2) is 70.7 Å². The van der Waals surface area contributed by atoms with Crippen LogP contribution in [0, 0.1) is 18.8 Å². The fourth-order valence-corrected chi connectivity index (χ4v) is 5.36. The molecule has 2 aromatic rings. The molecular weight excluding hydrogens is 582 g/mol. The maximum absolute atomic E-state index is 13.7. The molecule has 0 aliphatic rings. The molecule has 0 aliphatic carbocycles. The van der Waals surface area contributed by atoms with Crippen LogP contribution < -0.4 is 27.0 Å². The number of nitrogens with one attached hydrogen (secondary N) is 4. The SMILES string of the molecule is CC[C@H](C)[C@H](NC(=O)[C@@H](N)CCC(=O)O)C(=O)N[C@@H](Cc1cccs1)C(=O)N[C@@H](CC(C)C)[C@H](O)CNc1ccc(C)cc1. The minimum absolute atomic E-state index is 0.0717. The van der Waals surface area contributed by atoms with Crippen LogP contribution in [0.1, 0.15) is 63.8 Å². The van der Waals surface area contributed by atoms with Gasteiger partial charge in [-0.05, 0) is 55.2 Å². The number of aliphatic carboxylic acids is 1. The Labute approximate surface area is 264 Å². The summed E-state index contributed by atoms with van der Waals surface area (Å²) in [5, 5.41) is 33.6. The third kappa shape index (κ3) is 12.6. The number of nitrogens with two attached hydrogens (primary N) is 1. The lowest BCUT2D eigenvalue weighted by molar-refractivity contribution is -0.137. The highest BCUT2D eigenvalue weighted by Crippen LogP contribution is 2.16. The van der Waals surface area contributed by atoms with Crippen molar-refractivity contribution in [3.8, 4) is 0 Å². The van der Waals surface area contributed by atoms with Crippen LogP contribution in [-0.2, 0) is 25.6 Å². The first-order chi connectivity index (χ1) is 20.8. The van der Waals surface area contributed by atoms with Crippen LogP contribution in [0.15, 0.2) is 41.8 Å². The normalized spacial score (nSPS) is 15.4. The molecule has 0 saturated heterocycles. The van der Waals surface area contributed by atoms with Crippen LogP contribution in [0.3, 0.4) is 0 Å². The van der Waals surface area contributed by atoms with E-state index in [1.165, 1.54) is 11.3 Å². The number of aliphatic hydroxyl groups is 1. The average molecular weight is 632 g/mol. The summed E-state index contributed by atoms with van der Waals surface area (Å²) in [6, 6.07) is 7.89. The number of aliphatic hydroxyl groups excluding tert-OH is 1. The zero-order chi connectivity index (χ0) is 32.8. The van der Waals surface area contributed by atoms with E-state index in [-0.39, 0.29) is 37.6 Å². The van der Waals surface area contributed by atoms with E-state index < -0.39 is 54.0 Å². The highest BCUT2D eigenvalue weighted by Gasteiger charge is 2.33. The number of aryl methyl sites for hydroxylation is 1. The van der Waals surface area contributed by atoms with Gasteiger partial charge in [0, 0.05) is 30.0 Å². The third-order valence-corrected chi connectivity index (χ3v) is 8.40. The predicted molar refractivity (Wildman–Crippen MR) is 173 cm³/mol. The number of benzene rings is 1. The first-order valence-electron chi connectivity index (χ1n) is 15.2. The summed E-state index contributed by atoms with van der Waals surface area (Å²) in [6.07, 6.45) is 0.0451. The van der Waals surface area contributed by atoms with Crippen LogP contribution in [0.5, 0.6) is 0 Å². The van der Waals surface area contributed by atoms with Crippen molar-refractivity contribution in [2.75, 3.05) is 11.9 Å². The Morgan fingerprint density at radius 3 is 2.20 bits per heavy atom. The van der Waals surface area contributed by atoms with E-state index in [0.717, 1.165) is 16.1 Å². The number of carboxylic acid groups (broad SMARTS) is 1. The average Bonchev–Trinajstić information content (AvgIpc) is 3.49. The van der Waals surface area contributed by atoms with Gasteiger partial charge in [0.05, 0.1) is 18.2 Å². The summed E-state index contributed by atoms with van der Waals surface area (Å²) in [5.41, 5.74) is 7.86. The summed E-state index contributed by atoms with van der Waals surface area (Å²) in [5.74, 6) is -2.81. The molecule has 0 aliphatic heterocycles. The topological polar surface area (TPSA) is 183 Å². The molecule has 8 N–H and O–H groups in total. The molecule has 12 heteroatoms. The van der Waals surface area contributed by atoms with Gasteiger partial charge in [-0.25, -0.2) is 0 Å². The molecule has 3 amide bonds. The molecule has 11 nitrogen and oxygen atoms in total. The first-order valence-corrected chi connectivity index (χ1v) is 16.1. The molecule has 1 aromatic carbocycles. The molecule has 0 bridgehead atoms. The quantitative estimate of drug-likeness (QED) is 0.123. The minimum Gasteiger partial charge on any atom is -0.481 e. The van der Waals surface area contributed by atoms with E-state index in [2.05, 4.69) is 21.3 Å². The maximum Gasteiger partial charge on any atom is 0.303 e. The molecule has 6 atom stereocenters. The second-order valence-corrected chi connectivity index (χ2v) is 12.8. The van der Waals surface area contributed by atoms with E-state index in [1.54, 1.807) is 6.92 Å². The highest BCUT2D eigenvalue weighted by molar-refractivity contribution is 7.09. The summed E-state index contributed by atoms with van der Waals surface area (Å²) >= 11 is 1.45. The smallest absolute Gasteiger partial charge is 0.303 e. The van der Waals surface area contributed by atoms with Gasteiger partial charge in [-0.15, -0.1) is 11.3 Å². The molecule has 0 radical (unpaired) electrons. The van der Waals surface area contributed by atoms with E-state index in [9.17, 15) is 24.3 Å². The van der Waals surface area contributed by atoms with Crippen LogP contribution in [0.25, 0.3) is 0 Å². The Bertz CT molecular complexity index is 1190.